The van der Waals surface area contributed by atoms with E-state index in [4.69, 9.17) is 12.2 Å². The molecule has 2 aromatic heterocycles. The van der Waals surface area contributed by atoms with Gasteiger partial charge in [-0.15, -0.1) is 0 Å². The van der Waals surface area contributed by atoms with Gasteiger partial charge in [0, 0.05) is 29.5 Å². The molecule has 166 valence electrons. The molecular weight excluding hydrogens is 428 g/mol. The van der Waals surface area contributed by atoms with Crippen LogP contribution in [-0.4, -0.2) is 19.8 Å². The third-order valence-electron chi connectivity index (χ3n) is 6.15. The molecule has 0 spiro atoms. The van der Waals surface area contributed by atoms with Crippen LogP contribution in [0, 0.1) is 0 Å². The van der Waals surface area contributed by atoms with Crippen LogP contribution >= 0.6 is 12.2 Å². The van der Waals surface area contributed by atoms with Gasteiger partial charge in [-0.3, -0.25) is 4.98 Å². The highest BCUT2D eigenvalue weighted by Gasteiger charge is 2.42. The zero-order chi connectivity index (χ0) is 22.9. The minimum absolute atomic E-state index is 0.110. The van der Waals surface area contributed by atoms with Gasteiger partial charge in [0.2, 0.25) is 0 Å². The van der Waals surface area contributed by atoms with Gasteiger partial charge in [0.1, 0.15) is 11.8 Å². The molecule has 6 heteroatoms. The zero-order valence-corrected chi connectivity index (χ0v) is 19.4. The van der Waals surface area contributed by atoms with Crippen LogP contribution in [0.4, 0.5) is 5.69 Å². The molecule has 0 unspecified atom stereocenters. The number of aromatic hydroxyl groups is 1. The molecule has 0 amide bonds. The molecule has 1 aliphatic heterocycles. The fourth-order valence-electron chi connectivity index (χ4n) is 4.44. The Labute approximate surface area is 199 Å². The van der Waals surface area contributed by atoms with Crippen molar-refractivity contribution in [2.75, 3.05) is 4.90 Å². The van der Waals surface area contributed by atoms with Crippen LogP contribution in [-0.2, 0) is 0 Å². The van der Waals surface area contributed by atoms with Gasteiger partial charge < -0.3 is 19.9 Å². The van der Waals surface area contributed by atoms with Crippen LogP contribution in [0.5, 0.6) is 5.75 Å². The van der Waals surface area contributed by atoms with E-state index >= 15 is 0 Å². The molecule has 2 atom stereocenters. The summed E-state index contributed by atoms with van der Waals surface area (Å²) in [5.74, 6) is 0.709. The van der Waals surface area contributed by atoms with Crippen molar-refractivity contribution >= 4 is 23.0 Å². The maximum Gasteiger partial charge on any atom is 0.174 e. The van der Waals surface area contributed by atoms with Gasteiger partial charge in [-0.1, -0.05) is 32.0 Å². The van der Waals surface area contributed by atoms with E-state index in [-0.39, 0.29) is 17.8 Å². The number of hydrogen-bond donors (Lipinski definition) is 2. The van der Waals surface area contributed by atoms with E-state index in [0.717, 1.165) is 22.8 Å². The second kappa shape index (κ2) is 8.71. The first-order valence-electron chi connectivity index (χ1n) is 11.1. The summed E-state index contributed by atoms with van der Waals surface area (Å²) >= 11 is 5.86. The Morgan fingerprint density at radius 3 is 2.30 bits per heavy atom. The van der Waals surface area contributed by atoms with Crippen LogP contribution in [0.3, 0.4) is 0 Å². The molecule has 0 aliphatic carbocycles. The van der Waals surface area contributed by atoms with Gasteiger partial charge >= 0.3 is 0 Å². The van der Waals surface area contributed by atoms with Crippen molar-refractivity contribution in [3.05, 3.63) is 108 Å². The third kappa shape index (κ3) is 3.98. The third-order valence-corrected chi connectivity index (χ3v) is 6.46. The summed E-state index contributed by atoms with van der Waals surface area (Å²) in [7, 11) is 0. The number of hydrogen-bond acceptors (Lipinski definition) is 3. The fourth-order valence-corrected chi connectivity index (χ4v) is 4.78. The second-order valence-corrected chi connectivity index (χ2v) is 8.95. The maximum atomic E-state index is 9.76. The summed E-state index contributed by atoms with van der Waals surface area (Å²) in [6.45, 7) is 4.39. The first-order valence-corrected chi connectivity index (χ1v) is 11.5. The number of nitrogens with one attached hydrogen (secondary N) is 1. The average Bonchev–Trinajstić information content (AvgIpc) is 3.44. The Hall–Kier alpha value is -3.64. The van der Waals surface area contributed by atoms with Gasteiger partial charge in [0.15, 0.2) is 5.11 Å². The molecule has 0 radical (unpaired) electrons. The molecule has 5 rings (SSSR count). The van der Waals surface area contributed by atoms with Crippen LogP contribution in [0.25, 0.3) is 5.69 Å². The van der Waals surface area contributed by atoms with Crippen molar-refractivity contribution in [2.24, 2.45) is 0 Å². The van der Waals surface area contributed by atoms with Crippen LogP contribution in [0.1, 0.15) is 48.8 Å². The normalized spacial score (nSPS) is 18.0. The van der Waals surface area contributed by atoms with Crippen LogP contribution in [0.15, 0.2) is 91.3 Å². The second-order valence-electron chi connectivity index (χ2n) is 8.56. The largest absolute Gasteiger partial charge is 0.508 e. The van der Waals surface area contributed by atoms with E-state index in [0.29, 0.717) is 11.0 Å². The Morgan fingerprint density at radius 2 is 1.64 bits per heavy atom. The smallest absolute Gasteiger partial charge is 0.174 e. The van der Waals surface area contributed by atoms with E-state index in [1.165, 1.54) is 5.56 Å². The molecule has 1 aliphatic rings. The maximum absolute atomic E-state index is 9.76. The number of nitrogens with zero attached hydrogens (tertiary/aromatic N) is 3. The first-order chi connectivity index (χ1) is 16.0. The van der Waals surface area contributed by atoms with E-state index in [9.17, 15) is 5.11 Å². The molecule has 4 aromatic rings. The predicted molar refractivity (Wildman–Crippen MR) is 136 cm³/mol. The standard InChI is InChI=1S/C27H26N4OS/c1-18(2)19-8-10-21(11-9-19)31-26(25(29-27(31)33)23-6-3-4-16-28-23)24-7-5-17-30(24)20-12-14-22(32)15-13-20/h3-18,25-26,32H,1-2H3,(H,29,33)/t25-,26-/m1/s1. The molecule has 2 N–H and O–H groups in total. The summed E-state index contributed by atoms with van der Waals surface area (Å²) in [5, 5.41) is 14.0. The predicted octanol–water partition coefficient (Wildman–Crippen LogP) is 5.88. The summed E-state index contributed by atoms with van der Waals surface area (Å²) < 4.78 is 2.14. The topological polar surface area (TPSA) is 53.3 Å². The Bertz CT molecular complexity index is 1250. The van der Waals surface area contributed by atoms with Crippen molar-refractivity contribution in [1.82, 2.24) is 14.9 Å². The highest BCUT2D eigenvalue weighted by molar-refractivity contribution is 7.80. The lowest BCUT2D eigenvalue weighted by Gasteiger charge is -2.29. The lowest BCUT2D eigenvalue weighted by atomic mass is 9.99. The molecule has 0 saturated carbocycles. The quantitative estimate of drug-likeness (QED) is 0.369. The minimum atomic E-state index is -0.116. The number of thiocarbonyl (C=S) groups is 1. The van der Waals surface area contributed by atoms with Gasteiger partial charge in [0.05, 0.1) is 11.7 Å². The van der Waals surface area contributed by atoms with Crippen molar-refractivity contribution in [2.45, 2.75) is 31.8 Å². The Morgan fingerprint density at radius 1 is 0.909 bits per heavy atom. The van der Waals surface area contributed by atoms with Gasteiger partial charge in [0.25, 0.3) is 0 Å². The molecule has 2 aromatic carbocycles. The number of benzene rings is 2. The molecule has 1 saturated heterocycles. The van der Waals surface area contributed by atoms with E-state index < -0.39 is 0 Å². The zero-order valence-electron chi connectivity index (χ0n) is 18.6. The highest BCUT2D eigenvalue weighted by atomic mass is 32.1. The number of rotatable bonds is 5. The van der Waals surface area contributed by atoms with E-state index in [1.54, 1.807) is 12.1 Å². The summed E-state index contributed by atoms with van der Waals surface area (Å²) in [6, 6.07) is 25.8. The Balaban J connectivity index is 1.63. The van der Waals surface area contributed by atoms with Gasteiger partial charge in [-0.25, -0.2) is 0 Å². The van der Waals surface area contributed by atoms with Crippen LogP contribution < -0.4 is 10.2 Å². The Kier molecular flexibility index (Phi) is 5.60. The van der Waals surface area contributed by atoms with Crippen molar-refractivity contribution in [3.8, 4) is 11.4 Å². The van der Waals surface area contributed by atoms with Gasteiger partial charge in [-0.05, 0) is 84.4 Å². The molecule has 33 heavy (non-hydrogen) atoms. The molecule has 5 nitrogen and oxygen atoms in total. The monoisotopic (exact) mass is 454 g/mol. The summed E-state index contributed by atoms with van der Waals surface area (Å²) in [5.41, 5.74) is 5.32. The fraction of sp³-hybridized carbons (Fsp3) is 0.185. The summed E-state index contributed by atoms with van der Waals surface area (Å²) in [6.07, 6.45) is 3.86. The molecular formula is C27H26N4OS. The molecule has 0 bridgehead atoms. The minimum Gasteiger partial charge on any atom is -0.508 e. The molecule has 3 heterocycles. The van der Waals surface area contributed by atoms with Crippen molar-refractivity contribution < 1.29 is 5.11 Å². The van der Waals surface area contributed by atoms with Crippen molar-refractivity contribution in [3.63, 3.8) is 0 Å². The SMILES string of the molecule is CC(C)c1ccc(N2C(=S)N[C@H](c3ccccn3)[C@H]2c2cccn2-c2ccc(O)cc2)cc1. The lowest BCUT2D eigenvalue weighted by Crippen LogP contribution is -2.30. The van der Waals surface area contributed by atoms with Crippen LogP contribution in [0.2, 0.25) is 0 Å². The summed E-state index contributed by atoms with van der Waals surface area (Å²) in [4.78, 5) is 6.83. The highest BCUT2D eigenvalue weighted by Crippen LogP contribution is 2.42. The number of pyridine rings is 1. The first kappa shape index (κ1) is 21.2. The van der Waals surface area contributed by atoms with E-state index in [1.807, 2.05) is 48.8 Å². The number of anilines is 1. The van der Waals surface area contributed by atoms with Crippen molar-refractivity contribution in [1.29, 1.82) is 0 Å². The number of phenols is 1. The number of phenolic OH excluding ortho intramolecular Hbond substituents is 1. The van der Waals surface area contributed by atoms with E-state index in [2.05, 4.69) is 63.9 Å². The van der Waals surface area contributed by atoms with Gasteiger partial charge in [-0.2, -0.15) is 0 Å². The lowest BCUT2D eigenvalue weighted by molar-refractivity contribution is 0.475. The average molecular weight is 455 g/mol. The number of aromatic nitrogens is 2. The molecule has 1 fully saturated rings.